The maximum absolute atomic E-state index is 12.8. The third-order valence-corrected chi connectivity index (χ3v) is 4.90. The largest absolute Gasteiger partial charge is 0.491 e. The molecule has 3 rings (SSSR count). The first-order valence-electron chi connectivity index (χ1n) is 8.46. The van der Waals surface area contributed by atoms with E-state index in [0.717, 1.165) is 18.4 Å². The van der Waals surface area contributed by atoms with Gasteiger partial charge in [-0.15, -0.1) is 0 Å². The summed E-state index contributed by atoms with van der Waals surface area (Å²) in [5, 5.41) is 12.4. The summed E-state index contributed by atoms with van der Waals surface area (Å²) < 4.78 is 5.72. The minimum atomic E-state index is -0.890. The van der Waals surface area contributed by atoms with E-state index in [2.05, 4.69) is 5.32 Å². The minimum absolute atomic E-state index is 0.0153. The standard InChI is InChI=1S/C19H23NO4/c1-3-8-24-15-9-11(2)4-7-14(15)20-18(21)16-12-5-6-13(10-12)17(16)19(22)23/h4-7,9,12-13,16-17H,3,8,10H2,1-2H3,(H,20,21)(H,22,23). The molecule has 2 bridgehead atoms. The maximum atomic E-state index is 12.8. The normalized spacial score (nSPS) is 27.2. The number of carboxylic acids is 1. The third-order valence-electron chi connectivity index (χ3n) is 4.90. The van der Waals surface area contributed by atoms with Gasteiger partial charge >= 0.3 is 5.97 Å². The Morgan fingerprint density at radius 2 is 1.96 bits per heavy atom. The number of hydrogen-bond donors (Lipinski definition) is 2. The molecule has 1 fully saturated rings. The van der Waals surface area contributed by atoms with Crippen molar-refractivity contribution in [3.8, 4) is 5.75 Å². The first kappa shape index (κ1) is 16.6. The van der Waals surface area contributed by atoms with Gasteiger partial charge in [-0.05, 0) is 49.3 Å². The van der Waals surface area contributed by atoms with Gasteiger partial charge in [-0.25, -0.2) is 0 Å². The number of aliphatic carboxylic acids is 1. The molecule has 128 valence electrons. The monoisotopic (exact) mass is 329 g/mol. The average molecular weight is 329 g/mol. The van der Waals surface area contributed by atoms with Crippen LogP contribution in [0.4, 0.5) is 5.69 Å². The molecule has 1 saturated carbocycles. The maximum Gasteiger partial charge on any atom is 0.307 e. The second-order valence-electron chi connectivity index (χ2n) is 6.68. The van der Waals surface area contributed by atoms with Crippen LogP contribution in [0.3, 0.4) is 0 Å². The minimum Gasteiger partial charge on any atom is -0.491 e. The van der Waals surface area contributed by atoms with Crippen LogP contribution in [0.1, 0.15) is 25.3 Å². The van der Waals surface area contributed by atoms with Crippen molar-refractivity contribution in [3.05, 3.63) is 35.9 Å². The molecule has 0 saturated heterocycles. The predicted octanol–water partition coefficient (Wildman–Crippen LogP) is 3.25. The summed E-state index contributed by atoms with van der Waals surface area (Å²) in [5.74, 6) is -1.65. The van der Waals surface area contributed by atoms with E-state index < -0.39 is 17.8 Å². The molecule has 5 nitrogen and oxygen atoms in total. The molecule has 0 radical (unpaired) electrons. The van der Waals surface area contributed by atoms with Crippen molar-refractivity contribution < 1.29 is 19.4 Å². The first-order valence-corrected chi connectivity index (χ1v) is 8.46. The highest BCUT2D eigenvalue weighted by Gasteiger charge is 2.51. The molecule has 2 aliphatic carbocycles. The second kappa shape index (κ2) is 6.67. The van der Waals surface area contributed by atoms with Gasteiger partial charge in [-0.1, -0.05) is 25.1 Å². The lowest BCUT2D eigenvalue weighted by atomic mass is 9.82. The molecule has 1 aromatic carbocycles. The van der Waals surface area contributed by atoms with Gasteiger partial charge in [0.25, 0.3) is 0 Å². The van der Waals surface area contributed by atoms with Crippen molar-refractivity contribution in [1.82, 2.24) is 0 Å². The first-order chi connectivity index (χ1) is 11.5. The van der Waals surface area contributed by atoms with E-state index in [1.807, 2.05) is 44.2 Å². The Labute approximate surface area is 141 Å². The van der Waals surface area contributed by atoms with Gasteiger partial charge in [0, 0.05) is 0 Å². The summed E-state index contributed by atoms with van der Waals surface area (Å²) in [6, 6.07) is 5.61. The lowest BCUT2D eigenvalue weighted by molar-refractivity contribution is -0.146. The van der Waals surface area contributed by atoms with Crippen molar-refractivity contribution >= 4 is 17.6 Å². The van der Waals surface area contributed by atoms with E-state index in [0.29, 0.717) is 18.0 Å². The molecule has 2 N–H and O–H groups in total. The van der Waals surface area contributed by atoms with Crippen molar-refractivity contribution in [2.75, 3.05) is 11.9 Å². The van der Waals surface area contributed by atoms with E-state index >= 15 is 0 Å². The van der Waals surface area contributed by atoms with Crippen molar-refractivity contribution in [2.24, 2.45) is 23.7 Å². The predicted molar refractivity (Wildman–Crippen MR) is 90.9 cm³/mol. The molecule has 0 spiro atoms. The number of fused-ring (bicyclic) bond motifs is 2. The SMILES string of the molecule is CCCOc1cc(C)ccc1NC(=O)C1C2C=CC(C2)C1C(=O)O. The van der Waals surface area contributed by atoms with Crippen LogP contribution in [0.5, 0.6) is 5.75 Å². The van der Waals surface area contributed by atoms with E-state index in [4.69, 9.17) is 4.74 Å². The van der Waals surface area contributed by atoms with Crippen molar-refractivity contribution in [2.45, 2.75) is 26.7 Å². The lowest BCUT2D eigenvalue weighted by Crippen LogP contribution is -2.36. The average Bonchev–Trinajstić information content (AvgIpc) is 3.15. The Morgan fingerprint density at radius 1 is 1.25 bits per heavy atom. The number of rotatable bonds is 6. The zero-order valence-corrected chi connectivity index (χ0v) is 14.0. The molecule has 0 aromatic heterocycles. The third kappa shape index (κ3) is 3.03. The number of aryl methyl sites for hydroxylation is 1. The van der Waals surface area contributed by atoms with E-state index in [1.165, 1.54) is 0 Å². The van der Waals surface area contributed by atoms with Gasteiger partial charge in [0.15, 0.2) is 0 Å². The molecule has 0 heterocycles. The topological polar surface area (TPSA) is 75.6 Å². The summed E-state index contributed by atoms with van der Waals surface area (Å²) >= 11 is 0. The van der Waals surface area contributed by atoms with Crippen LogP contribution in [0.2, 0.25) is 0 Å². The number of allylic oxidation sites excluding steroid dienone is 2. The Hall–Kier alpha value is -2.30. The number of nitrogens with one attached hydrogen (secondary N) is 1. The molecule has 4 atom stereocenters. The highest BCUT2D eigenvalue weighted by Crippen LogP contribution is 2.48. The number of ether oxygens (including phenoxy) is 1. The van der Waals surface area contributed by atoms with Crippen LogP contribution >= 0.6 is 0 Å². The van der Waals surface area contributed by atoms with Gasteiger partial charge in [0.05, 0.1) is 24.1 Å². The van der Waals surface area contributed by atoms with Gasteiger partial charge in [-0.3, -0.25) is 9.59 Å². The molecule has 0 aliphatic heterocycles. The number of carbonyl (C=O) groups is 2. The highest BCUT2D eigenvalue weighted by atomic mass is 16.5. The van der Waals surface area contributed by atoms with E-state index in [1.54, 1.807) is 0 Å². The number of benzene rings is 1. The Balaban J connectivity index is 1.80. The van der Waals surface area contributed by atoms with E-state index in [9.17, 15) is 14.7 Å². The van der Waals surface area contributed by atoms with Gasteiger partial charge in [-0.2, -0.15) is 0 Å². The molecular formula is C19H23NO4. The van der Waals surface area contributed by atoms with Crippen molar-refractivity contribution in [3.63, 3.8) is 0 Å². The molecule has 1 aromatic rings. The number of carboxylic acid groups (broad SMARTS) is 1. The van der Waals surface area contributed by atoms with Gasteiger partial charge < -0.3 is 15.2 Å². The zero-order valence-electron chi connectivity index (χ0n) is 14.0. The molecule has 1 amide bonds. The van der Waals surface area contributed by atoms with Crippen LogP contribution in [-0.2, 0) is 9.59 Å². The second-order valence-corrected chi connectivity index (χ2v) is 6.68. The fourth-order valence-corrected chi connectivity index (χ4v) is 3.80. The molecule has 2 aliphatic rings. The Bertz CT molecular complexity index is 682. The van der Waals surface area contributed by atoms with Crippen LogP contribution in [0.15, 0.2) is 30.4 Å². The molecule has 24 heavy (non-hydrogen) atoms. The number of hydrogen-bond acceptors (Lipinski definition) is 3. The Kier molecular flexibility index (Phi) is 4.60. The zero-order chi connectivity index (χ0) is 17.3. The number of carbonyl (C=O) groups excluding carboxylic acids is 1. The highest BCUT2D eigenvalue weighted by molar-refractivity contribution is 5.97. The van der Waals surface area contributed by atoms with Crippen molar-refractivity contribution in [1.29, 1.82) is 0 Å². The summed E-state index contributed by atoms with van der Waals surface area (Å²) in [4.78, 5) is 24.3. The molecule has 5 heteroatoms. The smallest absolute Gasteiger partial charge is 0.307 e. The quantitative estimate of drug-likeness (QED) is 0.786. The molecule has 4 unspecified atom stereocenters. The summed E-state index contributed by atoms with van der Waals surface area (Å²) in [7, 11) is 0. The van der Waals surface area contributed by atoms with Crippen LogP contribution in [0, 0.1) is 30.6 Å². The number of amides is 1. The number of anilines is 1. The van der Waals surface area contributed by atoms with Crippen LogP contribution in [0.25, 0.3) is 0 Å². The van der Waals surface area contributed by atoms with Crippen LogP contribution in [-0.4, -0.2) is 23.6 Å². The Morgan fingerprint density at radius 3 is 2.62 bits per heavy atom. The summed E-state index contributed by atoms with van der Waals surface area (Å²) in [6.07, 6.45) is 5.55. The summed E-state index contributed by atoms with van der Waals surface area (Å²) in [5.41, 5.74) is 1.65. The fourth-order valence-electron chi connectivity index (χ4n) is 3.80. The lowest BCUT2D eigenvalue weighted by Gasteiger charge is -2.24. The summed E-state index contributed by atoms with van der Waals surface area (Å²) in [6.45, 7) is 4.56. The van der Waals surface area contributed by atoms with Gasteiger partial charge in [0.1, 0.15) is 5.75 Å². The van der Waals surface area contributed by atoms with E-state index in [-0.39, 0.29) is 17.7 Å². The fraction of sp³-hybridized carbons (Fsp3) is 0.474. The molecular weight excluding hydrogens is 306 g/mol. The van der Waals surface area contributed by atoms with Gasteiger partial charge in [0.2, 0.25) is 5.91 Å². The van der Waals surface area contributed by atoms with Crippen LogP contribution < -0.4 is 10.1 Å².